The predicted octanol–water partition coefficient (Wildman–Crippen LogP) is 5.03. The Balaban J connectivity index is 1.89. The maximum atomic E-state index is 13.6. The highest BCUT2D eigenvalue weighted by Gasteiger charge is 2.36. The molecule has 0 saturated heterocycles. The zero-order chi connectivity index (χ0) is 22.5. The van der Waals surface area contributed by atoms with Crippen molar-refractivity contribution in [2.45, 2.75) is 58.5 Å². The molecule has 2 amide bonds. The van der Waals surface area contributed by atoms with Crippen LogP contribution in [0.2, 0.25) is 0 Å². The van der Waals surface area contributed by atoms with Crippen LogP contribution in [0.25, 0.3) is 0 Å². The lowest BCUT2D eigenvalue weighted by Crippen LogP contribution is -2.36. The van der Waals surface area contributed by atoms with Gasteiger partial charge in [0, 0.05) is 44.0 Å². The van der Waals surface area contributed by atoms with Crippen molar-refractivity contribution in [3.63, 3.8) is 0 Å². The Hall–Kier alpha value is -2.82. The van der Waals surface area contributed by atoms with E-state index in [-0.39, 0.29) is 23.7 Å². The smallest absolute Gasteiger partial charge is 0.230 e. The third-order valence-electron chi connectivity index (χ3n) is 5.87. The van der Waals surface area contributed by atoms with Crippen LogP contribution in [0.15, 0.2) is 48.5 Å². The van der Waals surface area contributed by atoms with E-state index in [1.165, 1.54) is 0 Å². The van der Waals surface area contributed by atoms with Gasteiger partial charge in [0.2, 0.25) is 11.8 Å². The number of carbonyl (C=O) groups excluding carboxylic acids is 2. The van der Waals surface area contributed by atoms with E-state index in [0.717, 1.165) is 41.8 Å². The van der Waals surface area contributed by atoms with Crippen LogP contribution in [0.1, 0.15) is 57.1 Å². The summed E-state index contributed by atoms with van der Waals surface area (Å²) in [5.41, 5.74) is 3.97. The summed E-state index contributed by atoms with van der Waals surface area (Å²) in [7, 11) is 4.01. The van der Waals surface area contributed by atoms with Crippen LogP contribution in [0.4, 0.5) is 11.4 Å². The van der Waals surface area contributed by atoms with E-state index in [1.807, 2.05) is 76.5 Å². The van der Waals surface area contributed by atoms with Crippen molar-refractivity contribution in [2.75, 3.05) is 24.3 Å². The van der Waals surface area contributed by atoms with Crippen molar-refractivity contribution < 1.29 is 9.59 Å². The molecule has 0 aromatic heterocycles. The molecule has 31 heavy (non-hydrogen) atoms. The SMILES string of the molecule is CC[C@H](C(=O)N(Cc1cc(NC(=O)C(C)C)ccc1N(C)C)C1CC1)c1ccccc1. The lowest BCUT2D eigenvalue weighted by Gasteiger charge is -2.29. The Morgan fingerprint density at radius 2 is 1.74 bits per heavy atom. The number of hydrogen-bond donors (Lipinski definition) is 1. The summed E-state index contributed by atoms with van der Waals surface area (Å²) in [5, 5.41) is 2.99. The number of nitrogens with zero attached hydrogens (tertiary/aromatic N) is 2. The summed E-state index contributed by atoms with van der Waals surface area (Å²) in [4.78, 5) is 29.9. The molecule has 2 aromatic rings. The molecule has 0 bridgehead atoms. The molecule has 0 spiro atoms. The Morgan fingerprint density at radius 1 is 1.06 bits per heavy atom. The molecule has 5 nitrogen and oxygen atoms in total. The first kappa shape index (κ1) is 22.9. The Bertz CT molecular complexity index is 904. The monoisotopic (exact) mass is 421 g/mol. The molecule has 0 aliphatic heterocycles. The molecular weight excluding hydrogens is 386 g/mol. The Labute approximate surface area is 186 Å². The van der Waals surface area contributed by atoms with Gasteiger partial charge >= 0.3 is 0 Å². The number of anilines is 2. The number of carbonyl (C=O) groups is 2. The van der Waals surface area contributed by atoms with E-state index in [2.05, 4.69) is 22.0 Å². The van der Waals surface area contributed by atoms with E-state index in [1.54, 1.807) is 0 Å². The predicted molar refractivity (Wildman–Crippen MR) is 127 cm³/mol. The van der Waals surface area contributed by atoms with Crippen molar-refractivity contribution in [3.8, 4) is 0 Å². The van der Waals surface area contributed by atoms with Gasteiger partial charge in [-0.25, -0.2) is 0 Å². The van der Waals surface area contributed by atoms with E-state index in [4.69, 9.17) is 0 Å². The highest BCUT2D eigenvalue weighted by molar-refractivity contribution is 5.92. The van der Waals surface area contributed by atoms with Gasteiger partial charge in [-0.15, -0.1) is 0 Å². The molecule has 1 aliphatic carbocycles. The van der Waals surface area contributed by atoms with Gasteiger partial charge in [0.05, 0.1) is 5.92 Å². The summed E-state index contributed by atoms with van der Waals surface area (Å²) in [5.74, 6) is -0.0301. The first-order chi connectivity index (χ1) is 14.8. The highest BCUT2D eigenvalue weighted by atomic mass is 16.2. The molecule has 3 rings (SSSR count). The molecule has 2 aromatic carbocycles. The number of amides is 2. The molecule has 0 radical (unpaired) electrons. The second kappa shape index (κ2) is 9.99. The van der Waals surface area contributed by atoms with Gasteiger partial charge in [-0.1, -0.05) is 51.1 Å². The minimum atomic E-state index is -0.131. The van der Waals surface area contributed by atoms with Crippen molar-refractivity contribution in [1.29, 1.82) is 0 Å². The second-order valence-corrected chi connectivity index (χ2v) is 8.95. The van der Waals surface area contributed by atoms with Crippen LogP contribution in [-0.4, -0.2) is 36.9 Å². The minimum absolute atomic E-state index is 0.00574. The Morgan fingerprint density at radius 3 is 2.29 bits per heavy atom. The van der Waals surface area contributed by atoms with Crippen LogP contribution in [-0.2, 0) is 16.1 Å². The first-order valence-electron chi connectivity index (χ1n) is 11.3. The molecule has 5 heteroatoms. The topological polar surface area (TPSA) is 52.7 Å². The van der Waals surface area contributed by atoms with Crippen molar-refractivity contribution >= 4 is 23.2 Å². The number of hydrogen-bond acceptors (Lipinski definition) is 3. The lowest BCUT2D eigenvalue weighted by molar-refractivity contribution is -0.134. The summed E-state index contributed by atoms with van der Waals surface area (Å²) < 4.78 is 0. The Kier molecular flexibility index (Phi) is 7.37. The van der Waals surface area contributed by atoms with E-state index in [0.29, 0.717) is 12.6 Å². The van der Waals surface area contributed by atoms with Gasteiger partial charge in [-0.2, -0.15) is 0 Å². The van der Waals surface area contributed by atoms with Crippen LogP contribution < -0.4 is 10.2 Å². The van der Waals surface area contributed by atoms with Gasteiger partial charge in [-0.05, 0) is 48.6 Å². The van der Waals surface area contributed by atoms with Crippen LogP contribution in [0.3, 0.4) is 0 Å². The molecule has 1 N–H and O–H groups in total. The van der Waals surface area contributed by atoms with Gasteiger partial charge in [-0.3, -0.25) is 9.59 Å². The summed E-state index contributed by atoms with van der Waals surface area (Å²) >= 11 is 0. The summed E-state index contributed by atoms with van der Waals surface area (Å²) in [6, 6.07) is 16.3. The quantitative estimate of drug-likeness (QED) is 0.618. The molecule has 1 fully saturated rings. The fourth-order valence-electron chi connectivity index (χ4n) is 3.91. The number of rotatable bonds is 9. The van der Waals surface area contributed by atoms with Gasteiger partial charge < -0.3 is 15.1 Å². The van der Waals surface area contributed by atoms with Crippen molar-refractivity contribution in [2.24, 2.45) is 5.92 Å². The van der Waals surface area contributed by atoms with Crippen molar-refractivity contribution in [3.05, 3.63) is 59.7 Å². The summed E-state index contributed by atoms with van der Waals surface area (Å²) in [6.07, 6.45) is 2.88. The van der Waals surface area contributed by atoms with Crippen LogP contribution >= 0.6 is 0 Å². The minimum Gasteiger partial charge on any atom is -0.377 e. The fraction of sp³-hybridized carbons (Fsp3) is 0.462. The average Bonchev–Trinajstić information content (AvgIpc) is 3.58. The first-order valence-corrected chi connectivity index (χ1v) is 11.3. The molecule has 1 aliphatic rings. The second-order valence-electron chi connectivity index (χ2n) is 8.95. The molecule has 1 atom stereocenters. The van der Waals surface area contributed by atoms with Gasteiger partial charge in [0.15, 0.2) is 0 Å². The van der Waals surface area contributed by atoms with Crippen LogP contribution in [0, 0.1) is 5.92 Å². The summed E-state index contributed by atoms with van der Waals surface area (Å²) in [6.45, 7) is 6.39. The standard InChI is InChI=1S/C26H35N3O2/c1-6-23(19-10-8-7-9-11-19)26(31)29(22-13-14-22)17-20-16-21(27-25(30)18(2)3)12-15-24(20)28(4)5/h7-12,15-16,18,22-23H,6,13-14,17H2,1-5H3,(H,27,30)/t23-/m0/s1. The number of nitrogens with one attached hydrogen (secondary N) is 1. The normalized spacial score (nSPS) is 14.3. The van der Waals surface area contributed by atoms with Gasteiger partial charge in [0.1, 0.15) is 0 Å². The number of benzene rings is 2. The largest absolute Gasteiger partial charge is 0.377 e. The van der Waals surface area contributed by atoms with Crippen molar-refractivity contribution in [1.82, 2.24) is 4.90 Å². The maximum Gasteiger partial charge on any atom is 0.230 e. The molecular formula is C26H35N3O2. The van der Waals surface area contributed by atoms with Crippen LogP contribution in [0.5, 0.6) is 0 Å². The zero-order valence-corrected chi connectivity index (χ0v) is 19.4. The zero-order valence-electron chi connectivity index (χ0n) is 19.4. The molecule has 0 heterocycles. The molecule has 166 valence electrons. The molecule has 0 unspecified atom stereocenters. The van der Waals surface area contributed by atoms with E-state index < -0.39 is 0 Å². The average molecular weight is 422 g/mol. The third-order valence-corrected chi connectivity index (χ3v) is 5.87. The van der Waals surface area contributed by atoms with E-state index in [9.17, 15) is 9.59 Å². The molecule has 1 saturated carbocycles. The fourth-order valence-corrected chi connectivity index (χ4v) is 3.91. The lowest BCUT2D eigenvalue weighted by atomic mass is 9.94. The third kappa shape index (κ3) is 5.66. The van der Waals surface area contributed by atoms with E-state index >= 15 is 0 Å². The maximum absolute atomic E-state index is 13.6. The highest BCUT2D eigenvalue weighted by Crippen LogP contribution is 2.35. The van der Waals surface area contributed by atoms with Gasteiger partial charge in [0.25, 0.3) is 0 Å².